The first-order valence-electron chi connectivity index (χ1n) is 8.53. The van der Waals surface area contributed by atoms with Crippen molar-refractivity contribution in [3.63, 3.8) is 0 Å². The highest BCUT2D eigenvalue weighted by Crippen LogP contribution is 2.41. The summed E-state index contributed by atoms with van der Waals surface area (Å²) >= 11 is 1.60. The van der Waals surface area contributed by atoms with Crippen molar-refractivity contribution in [2.24, 2.45) is 0 Å². The minimum Gasteiger partial charge on any atom is -0.387 e. The Hall–Kier alpha value is -1.94. The number of aliphatic hydroxyl groups excluding tert-OH is 1. The van der Waals surface area contributed by atoms with E-state index < -0.39 is 14.2 Å². The summed E-state index contributed by atoms with van der Waals surface area (Å²) in [7, 11) is -1.95. The van der Waals surface area contributed by atoms with Crippen LogP contribution in [0, 0.1) is 0 Å². The smallest absolute Gasteiger partial charge is 0.107 e. The maximum atomic E-state index is 11.2. The third kappa shape index (κ3) is 3.69. The average molecular weight is 365 g/mol. The van der Waals surface area contributed by atoms with Crippen LogP contribution in [0.2, 0.25) is 13.1 Å². The molecule has 0 fully saturated rings. The van der Waals surface area contributed by atoms with Crippen molar-refractivity contribution in [1.29, 1.82) is 0 Å². The number of hydrogen-bond donors (Lipinski definition) is 1. The van der Waals surface area contributed by atoms with E-state index in [0.29, 0.717) is 0 Å². The van der Waals surface area contributed by atoms with Gasteiger partial charge in [0.1, 0.15) is 8.07 Å². The van der Waals surface area contributed by atoms with E-state index in [1.807, 2.05) is 41.8 Å². The molecule has 128 valence electrons. The summed E-state index contributed by atoms with van der Waals surface area (Å²) in [6, 6.07) is 24.9. The molecule has 2 atom stereocenters. The van der Waals surface area contributed by atoms with Crippen LogP contribution in [0.4, 0.5) is 0 Å². The topological polar surface area (TPSA) is 20.2 Å². The lowest BCUT2D eigenvalue weighted by molar-refractivity contribution is 0.163. The first-order chi connectivity index (χ1) is 12.0. The molecule has 0 amide bonds. The molecule has 0 aliphatic heterocycles. The Bertz CT molecular complexity index is 810. The van der Waals surface area contributed by atoms with Crippen LogP contribution in [-0.4, -0.2) is 13.2 Å². The van der Waals surface area contributed by atoms with Gasteiger partial charge in [-0.25, -0.2) is 0 Å². The van der Waals surface area contributed by atoms with Crippen molar-refractivity contribution in [3.05, 3.63) is 100 Å². The SMILES string of the molecule is C=C([C@@H](c1ccccc1)[C@H](O)c1cccs1)[Si](C)(C)c1ccccc1. The van der Waals surface area contributed by atoms with Gasteiger partial charge in [0.15, 0.2) is 0 Å². The van der Waals surface area contributed by atoms with E-state index in [4.69, 9.17) is 0 Å². The van der Waals surface area contributed by atoms with E-state index in [1.165, 1.54) is 5.19 Å². The number of thiophene rings is 1. The molecule has 0 unspecified atom stereocenters. The standard InChI is InChI=1S/C22H24OSSi/c1-17(25(2,3)19-13-8-5-9-14-19)21(18-11-6-4-7-12-18)22(23)20-15-10-16-24-20/h4-16,21-23H,1H2,2-3H3/t21-,22+/m0/s1. The zero-order valence-electron chi connectivity index (χ0n) is 14.7. The van der Waals surface area contributed by atoms with Crippen LogP contribution in [0.3, 0.4) is 0 Å². The summed E-state index contributed by atoms with van der Waals surface area (Å²) in [6.07, 6.45) is -0.564. The number of benzene rings is 2. The van der Waals surface area contributed by atoms with Gasteiger partial charge in [-0.3, -0.25) is 0 Å². The van der Waals surface area contributed by atoms with Crippen LogP contribution in [0.25, 0.3) is 0 Å². The molecule has 0 bridgehead atoms. The van der Waals surface area contributed by atoms with Crippen LogP contribution in [0.1, 0.15) is 22.5 Å². The zero-order chi connectivity index (χ0) is 17.9. The van der Waals surface area contributed by atoms with Gasteiger partial charge in [-0.05, 0) is 17.0 Å². The van der Waals surface area contributed by atoms with E-state index in [-0.39, 0.29) is 5.92 Å². The highest BCUT2D eigenvalue weighted by molar-refractivity contribution is 7.10. The molecule has 1 nitrogen and oxygen atoms in total. The predicted molar refractivity (Wildman–Crippen MR) is 111 cm³/mol. The monoisotopic (exact) mass is 364 g/mol. The Morgan fingerprint density at radius 1 is 0.920 bits per heavy atom. The van der Waals surface area contributed by atoms with Gasteiger partial charge in [0.25, 0.3) is 0 Å². The summed E-state index contributed by atoms with van der Waals surface area (Å²) in [5.41, 5.74) is 1.13. The second kappa shape index (κ2) is 7.52. The van der Waals surface area contributed by atoms with Gasteiger partial charge in [0.05, 0.1) is 6.10 Å². The zero-order valence-corrected chi connectivity index (χ0v) is 16.5. The Balaban J connectivity index is 2.04. The fourth-order valence-corrected chi connectivity index (χ4v) is 6.53. The van der Waals surface area contributed by atoms with Gasteiger partial charge in [-0.15, -0.1) is 17.9 Å². The number of aliphatic hydroxyl groups is 1. The molecule has 3 rings (SSSR count). The molecule has 3 aromatic rings. The summed E-state index contributed by atoms with van der Waals surface area (Å²) in [5, 5.41) is 15.7. The predicted octanol–water partition coefficient (Wildman–Crippen LogP) is 5.28. The Morgan fingerprint density at radius 3 is 2.08 bits per heavy atom. The lowest BCUT2D eigenvalue weighted by Crippen LogP contribution is -2.45. The Labute approximate surface area is 155 Å². The first-order valence-corrected chi connectivity index (χ1v) is 12.4. The molecular formula is C22H24OSSi. The highest BCUT2D eigenvalue weighted by atomic mass is 32.1. The average Bonchev–Trinajstić information content (AvgIpc) is 3.18. The van der Waals surface area contributed by atoms with Crippen molar-refractivity contribution in [3.8, 4) is 0 Å². The highest BCUT2D eigenvalue weighted by Gasteiger charge is 2.36. The lowest BCUT2D eigenvalue weighted by atomic mass is 9.92. The molecule has 0 saturated heterocycles. The van der Waals surface area contributed by atoms with Crippen LogP contribution in [0.15, 0.2) is 90.0 Å². The van der Waals surface area contributed by atoms with Gasteiger partial charge < -0.3 is 5.11 Å². The molecule has 0 saturated carbocycles. The van der Waals surface area contributed by atoms with E-state index in [0.717, 1.165) is 15.6 Å². The van der Waals surface area contributed by atoms with Gasteiger partial charge in [-0.1, -0.05) is 90.2 Å². The fourth-order valence-electron chi connectivity index (χ4n) is 3.29. The molecule has 3 heteroatoms. The second-order valence-electron chi connectivity index (χ2n) is 6.86. The molecule has 25 heavy (non-hydrogen) atoms. The van der Waals surface area contributed by atoms with Crippen molar-refractivity contribution in [2.45, 2.75) is 25.1 Å². The maximum Gasteiger partial charge on any atom is 0.107 e. The largest absolute Gasteiger partial charge is 0.387 e. The molecule has 0 aliphatic carbocycles. The number of rotatable bonds is 6. The van der Waals surface area contributed by atoms with Gasteiger partial charge >= 0.3 is 0 Å². The van der Waals surface area contributed by atoms with Crippen molar-refractivity contribution >= 4 is 24.6 Å². The van der Waals surface area contributed by atoms with Gasteiger partial charge in [0.2, 0.25) is 0 Å². The van der Waals surface area contributed by atoms with E-state index in [2.05, 4.69) is 56.1 Å². The molecular weight excluding hydrogens is 340 g/mol. The second-order valence-corrected chi connectivity index (χ2v) is 12.3. The molecule has 1 heterocycles. The lowest BCUT2D eigenvalue weighted by Gasteiger charge is -2.34. The number of hydrogen-bond acceptors (Lipinski definition) is 2. The van der Waals surface area contributed by atoms with Crippen LogP contribution >= 0.6 is 11.3 Å². The molecule has 1 N–H and O–H groups in total. The normalized spacial score (nSPS) is 14.0. The van der Waals surface area contributed by atoms with Crippen LogP contribution < -0.4 is 5.19 Å². The summed E-state index contributed by atoms with van der Waals surface area (Å²) in [4.78, 5) is 0.993. The first kappa shape index (κ1) is 17.9. The third-order valence-electron chi connectivity index (χ3n) is 4.98. The van der Waals surface area contributed by atoms with Crippen LogP contribution in [-0.2, 0) is 0 Å². The Kier molecular flexibility index (Phi) is 5.38. The van der Waals surface area contributed by atoms with E-state index in [9.17, 15) is 5.11 Å². The minimum absolute atomic E-state index is 0.0956. The summed E-state index contributed by atoms with van der Waals surface area (Å²) < 4.78 is 0. The van der Waals surface area contributed by atoms with Gasteiger partial charge in [0, 0.05) is 10.8 Å². The molecule has 2 aromatic carbocycles. The van der Waals surface area contributed by atoms with Crippen molar-refractivity contribution in [1.82, 2.24) is 0 Å². The molecule has 1 aromatic heterocycles. The minimum atomic E-state index is -1.95. The third-order valence-corrected chi connectivity index (χ3v) is 9.62. The fraction of sp³-hybridized carbons (Fsp3) is 0.182. The summed E-state index contributed by atoms with van der Waals surface area (Å²) in [5.74, 6) is -0.0956. The van der Waals surface area contributed by atoms with E-state index >= 15 is 0 Å². The van der Waals surface area contributed by atoms with Gasteiger partial charge in [-0.2, -0.15) is 0 Å². The molecule has 0 aliphatic rings. The van der Waals surface area contributed by atoms with E-state index in [1.54, 1.807) is 11.3 Å². The molecule has 0 radical (unpaired) electrons. The van der Waals surface area contributed by atoms with Crippen molar-refractivity contribution < 1.29 is 5.11 Å². The quantitative estimate of drug-likeness (QED) is 0.590. The molecule has 0 spiro atoms. The van der Waals surface area contributed by atoms with Crippen LogP contribution in [0.5, 0.6) is 0 Å². The maximum absolute atomic E-state index is 11.2. The van der Waals surface area contributed by atoms with Crippen molar-refractivity contribution in [2.75, 3.05) is 0 Å². The summed E-state index contributed by atoms with van der Waals surface area (Å²) in [6.45, 7) is 9.16. The Morgan fingerprint density at radius 2 is 1.52 bits per heavy atom.